The molecule has 0 aliphatic carbocycles. The van der Waals surface area contributed by atoms with Crippen LogP contribution in [0.15, 0.2) is 36.7 Å². The van der Waals surface area contributed by atoms with Crippen molar-refractivity contribution in [3.8, 4) is 5.75 Å². The Labute approximate surface area is 97.4 Å². The van der Waals surface area contributed by atoms with Gasteiger partial charge in [-0.15, -0.1) is 0 Å². The molecule has 0 saturated carbocycles. The van der Waals surface area contributed by atoms with E-state index in [4.69, 9.17) is 4.74 Å². The van der Waals surface area contributed by atoms with E-state index in [2.05, 4.69) is 10.3 Å². The van der Waals surface area contributed by atoms with Gasteiger partial charge >= 0.3 is 0 Å². The highest BCUT2D eigenvalue weighted by molar-refractivity contribution is 6.04. The molecule has 17 heavy (non-hydrogen) atoms. The van der Waals surface area contributed by atoms with E-state index in [0.717, 1.165) is 0 Å². The number of benzene rings is 1. The number of H-pyrrole nitrogens is 1. The Hall–Kier alpha value is -2.30. The average molecular weight is 234 g/mol. The maximum Gasteiger partial charge on any atom is 0.257 e. The molecule has 0 radical (unpaired) electrons. The quantitative estimate of drug-likeness (QED) is 0.856. The SMILES string of the molecule is COc1ccc(NC(=O)c2cc[nH]c2)c(F)c1. The van der Waals surface area contributed by atoms with Crippen LogP contribution in [0.5, 0.6) is 5.75 Å². The number of aromatic amines is 1. The molecule has 1 aromatic heterocycles. The molecule has 0 bridgehead atoms. The second-order valence-corrected chi connectivity index (χ2v) is 3.40. The van der Waals surface area contributed by atoms with Crippen LogP contribution in [0.4, 0.5) is 10.1 Å². The van der Waals surface area contributed by atoms with Gasteiger partial charge in [0.25, 0.3) is 5.91 Å². The molecule has 5 heteroatoms. The summed E-state index contributed by atoms with van der Waals surface area (Å²) in [5.41, 5.74) is 0.567. The highest BCUT2D eigenvalue weighted by Gasteiger charge is 2.10. The molecule has 1 aromatic carbocycles. The highest BCUT2D eigenvalue weighted by atomic mass is 19.1. The third kappa shape index (κ3) is 2.44. The lowest BCUT2D eigenvalue weighted by atomic mass is 10.2. The number of hydrogen-bond acceptors (Lipinski definition) is 2. The van der Waals surface area contributed by atoms with E-state index in [1.165, 1.54) is 25.4 Å². The molecule has 1 heterocycles. The summed E-state index contributed by atoms with van der Waals surface area (Å²) < 4.78 is 18.4. The van der Waals surface area contributed by atoms with E-state index < -0.39 is 5.82 Å². The van der Waals surface area contributed by atoms with Gasteiger partial charge in [-0.1, -0.05) is 0 Å². The molecule has 2 rings (SSSR count). The van der Waals surface area contributed by atoms with Crippen molar-refractivity contribution in [1.82, 2.24) is 4.98 Å². The third-order valence-corrected chi connectivity index (χ3v) is 2.28. The zero-order valence-corrected chi connectivity index (χ0v) is 9.16. The Bertz CT molecular complexity index is 523. The minimum absolute atomic E-state index is 0.122. The summed E-state index contributed by atoms with van der Waals surface area (Å²) in [5, 5.41) is 2.47. The minimum atomic E-state index is -0.534. The number of carbonyl (C=O) groups is 1. The van der Waals surface area contributed by atoms with Crippen LogP contribution in [0.1, 0.15) is 10.4 Å². The Kier molecular flexibility index (Phi) is 3.09. The summed E-state index contributed by atoms with van der Waals surface area (Å²) in [4.78, 5) is 14.4. The second-order valence-electron chi connectivity index (χ2n) is 3.40. The van der Waals surface area contributed by atoms with Gasteiger partial charge < -0.3 is 15.0 Å². The monoisotopic (exact) mass is 234 g/mol. The van der Waals surface area contributed by atoms with Gasteiger partial charge in [-0.3, -0.25) is 4.79 Å². The first kappa shape index (κ1) is 11.2. The number of hydrogen-bond donors (Lipinski definition) is 2. The predicted molar refractivity (Wildman–Crippen MR) is 61.7 cm³/mol. The number of rotatable bonds is 3. The number of amides is 1. The summed E-state index contributed by atoms with van der Waals surface area (Å²) in [6.45, 7) is 0. The van der Waals surface area contributed by atoms with Gasteiger partial charge in [0, 0.05) is 18.5 Å². The molecule has 0 atom stereocenters. The summed E-state index contributed by atoms with van der Waals surface area (Å²) in [5.74, 6) is -0.495. The number of halogens is 1. The van der Waals surface area contributed by atoms with E-state index in [1.807, 2.05) is 0 Å². The molecule has 2 N–H and O–H groups in total. The van der Waals surface area contributed by atoms with Crippen molar-refractivity contribution >= 4 is 11.6 Å². The summed E-state index contributed by atoms with van der Waals surface area (Å²) in [7, 11) is 1.45. The zero-order valence-electron chi connectivity index (χ0n) is 9.16. The van der Waals surface area contributed by atoms with E-state index in [9.17, 15) is 9.18 Å². The van der Waals surface area contributed by atoms with Gasteiger partial charge in [0.1, 0.15) is 11.6 Å². The number of carbonyl (C=O) groups excluding carboxylic acids is 1. The number of anilines is 1. The van der Waals surface area contributed by atoms with Gasteiger partial charge in [-0.2, -0.15) is 0 Å². The van der Waals surface area contributed by atoms with E-state index in [1.54, 1.807) is 18.3 Å². The fourth-order valence-corrected chi connectivity index (χ4v) is 1.38. The molecule has 0 saturated heterocycles. The minimum Gasteiger partial charge on any atom is -0.497 e. The molecule has 4 nitrogen and oxygen atoms in total. The predicted octanol–water partition coefficient (Wildman–Crippen LogP) is 2.41. The van der Waals surface area contributed by atoms with Crippen LogP contribution < -0.4 is 10.1 Å². The van der Waals surface area contributed by atoms with Crippen molar-refractivity contribution in [2.45, 2.75) is 0 Å². The molecule has 0 spiro atoms. The first-order chi connectivity index (χ1) is 8.20. The molecular weight excluding hydrogens is 223 g/mol. The molecule has 0 unspecified atom stereocenters. The van der Waals surface area contributed by atoms with Crippen molar-refractivity contribution in [2.24, 2.45) is 0 Å². The molecule has 0 aliphatic rings. The maximum atomic E-state index is 13.5. The van der Waals surface area contributed by atoms with Crippen LogP contribution in [0.25, 0.3) is 0 Å². The van der Waals surface area contributed by atoms with Crippen LogP contribution in [0.3, 0.4) is 0 Å². The Morgan fingerprint density at radius 2 is 2.24 bits per heavy atom. The molecule has 1 amide bonds. The topological polar surface area (TPSA) is 54.1 Å². The average Bonchev–Trinajstić information content (AvgIpc) is 2.85. The first-order valence-electron chi connectivity index (χ1n) is 4.98. The number of methoxy groups -OCH3 is 1. The largest absolute Gasteiger partial charge is 0.497 e. The van der Waals surface area contributed by atoms with Gasteiger partial charge in [0.2, 0.25) is 0 Å². The lowest BCUT2D eigenvalue weighted by molar-refractivity contribution is 0.102. The standard InChI is InChI=1S/C12H11FN2O2/c1-17-9-2-3-11(10(13)6-9)15-12(16)8-4-5-14-7-8/h2-7,14H,1H3,(H,15,16). The third-order valence-electron chi connectivity index (χ3n) is 2.28. The van der Waals surface area contributed by atoms with E-state index >= 15 is 0 Å². The fourth-order valence-electron chi connectivity index (χ4n) is 1.38. The van der Waals surface area contributed by atoms with Crippen LogP contribution in [0.2, 0.25) is 0 Å². The maximum absolute atomic E-state index is 13.5. The second kappa shape index (κ2) is 4.69. The zero-order chi connectivity index (χ0) is 12.3. The molecular formula is C12H11FN2O2. The lowest BCUT2D eigenvalue weighted by Crippen LogP contribution is -2.12. The number of nitrogens with one attached hydrogen (secondary N) is 2. The fraction of sp³-hybridized carbons (Fsp3) is 0.0833. The van der Waals surface area contributed by atoms with Crippen molar-refractivity contribution in [3.63, 3.8) is 0 Å². The Balaban J connectivity index is 2.16. The van der Waals surface area contributed by atoms with E-state index in [-0.39, 0.29) is 11.6 Å². The Morgan fingerprint density at radius 3 is 2.82 bits per heavy atom. The molecule has 88 valence electrons. The summed E-state index contributed by atoms with van der Waals surface area (Å²) in [6.07, 6.45) is 3.16. The molecule has 0 fully saturated rings. The van der Waals surface area contributed by atoms with E-state index in [0.29, 0.717) is 11.3 Å². The van der Waals surface area contributed by atoms with Crippen molar-refractivity contribution in [2.75, 3.05) is 12.4 Å². The number of aromatic nitrogens is 1. The first-order valence-corrected chi connectivity index (χ1v) is 4.98. The molecule has 2 aromatic rings. The van der Waals surface area contributed by atoms with Crippen LogP contribution in [0, 0.1) is 5.82 Å². The lowest BCUT2D eigenvalue weighted by Gasteiger charge is -2.06. The van der Waals surface area contributed by atoms with Crippen LogP contribution in [-0.2, 0) is 0 Å². The van der Waals surface area contributed by atoms with Crippen molar-refractivity contribution in [3.05, 3.63) is 48.0 Å². The van der Waals surface area contributed by atoms with Crippen LogP contribution >= 0.6 is 0 Å². The smallest absolute Gasteiger partial charge is 0.257 e. The Morgan fingerprint density at radius 1 is 1.41 bits per heavy atom. The summed E-state index contributed by atoms with van der Waals surface area (Å²) >= 11 is 0. The molecule has 0 aliphatic heterocycles. The van der Waals surface area contributed by atoms with Crippen molar-refractivity contribution < 1.29 is 13.9 Å². The highest BCUT2D eigenvalue weighted by Crippen LogP contribution is 2.20. The van der Waals surface area contributed by atoms with Gasteiger partial charge in [0.05, 0.1) is 18.4 Å². The van der Waals surface area contributed by atoms with Gasteiger partial charge in [0.15, 0.2) is 0 Å². The van der Waals surface area contributed by atoms with Crippen molar-refractivity contribution in [1.29, 1.82) is 0 Å². The summed E-state index contributed by atoms with van der Waals surface area (Å²) in [6, 6.07) is 5.86. The van der Waals surface area contributed by atoms with Gasteiger partial charge in [-0.05, 0) is 18.2 Å². The van der Waals surface area contributed by atoms with Crippen LogP contribution in [-0.4, -0.2) is 18.0 Å². The number of ether oxygens (including phenoxy) is 1. The normalized spacial score (nSPS) is 10.0. The van der Waals surface area contributed by atoms with Gasteiger partial charge in [-0.25, -0.2) is 4.39 Å².